The third-order valence-corrected chi connectivity index (χ3v) is 4.10. The Morgan fingerprint density at radius 1 is 1.07 bits per heavy atom. The molecule has 0 unspecified atom stereocenters. The molecule has 0 saturated heterocycles. The third kappa shape index (κ3) is 3.93. The molecule has 4 rings (SSSR count). The molecule has 1 amide bonds. The average molecular weight is 392 g/mol. The van der Waals surface area contributed by atoms with Crippen LogP contribution in [0.3, 0.4) is 0 Å². The van der Waals surface area contributed by atoms with Gasteiger partial charge in [-0.25, -0.2) is 14.8 Å². The number of nitrogens with zero attached hydrogens (tertiary/aromatic N) is 2. The van der Waals surface area contributed by atoms with Gasteiger partial charge in [0.05, 0.1) is 18.4 Å². The SMILES string of the molecule is COC(=O)c1ccccc1Nc1nccc(C(=O)Nc2ccc3c(c2)OCO3)n1. The molecule has 1 aliphatic heterocycles. The number of rotatable bonds is 5. The van der Waals surface area contributed by atoms with Crippen molar-refractivity contribution in [2.75, 3.05) is 24.5 Å². The van der Waals surface area contributed by atoms with E-state index in [-0.39, 0.29) is 18.4 Å². The highest BCUT2D eigenvalue weighted by Crippen LogP contribution is 2.34. The molecule has 146 valence electrons. The molecule has 0 spiro atoms. The van der Waals surface area contributed by atoms with E-state index in [0.717, 1.165) is 0 Å². The zero-order valence-corrected chi connectivity index (χ0v) is 15.3. The maximum Gasteiger partial charge on any atom is 0.339 e. The van der Waals surface area contributed by atoms with Crippen LogP contribution in [0.2, 0.25) is 0 Å². The molecule has 0 saturated carbocycles. The van der Waals surface area contributed by atoms with E-state index >= 15 is 0 Å². The van der Waals surface area contributed by atoms with Crippen molar-refractivity contribution in [3.8, 4) is 11.5 Å². The normalized spacial score (nSPS) is 11.6. The van der Waals surface area contributed by atoms with Crippen molar-refractivity contribution in [2.45, 2.75) is 0 Å². The summed E-state index contributed by atoms with van der Waals surface area (Å²) in [4.78, 5) is 32.8. The van der Waals surface area contributed by atoms with E-state index in [1.807, 2.05) is 0 Å². The van der Waals surface area contributed by atoms with Gasteiger partial charge in [0.25, 0.3) is 5.91 Å². The first-order valence-electron chi connectivity index (χ1n) is 8.62. The monoisotopic (exact) mass is 392 g/mol. The number of benzene rings is 2. The number of aromatic nitrogens is 2. The smallest absolute Gasteiger partial charge is 0.339 e. The Hall–Kier alpha value is -4.14. The maximum absolute atomic E-state index is 12.6. The van der Waals surface area contributed by atoms with E-state index in [1.54, 1.807) is 42.5 Å². The predicted molar refractivity (Wildman–Crippen MR) is 104 cm³/mol. The molecule has 1 aliphatic rings. The molecule has 9 heteroatoms. The van der Waals surface area contributed by atoms with Gasteiger partial charge in [0.2, 0.25) is 12.7 Å². The number of carbonyl (C=O) groups excluding carboxylic acids is 2. The average Bonchev–Trinajstić information content (AvgIpc) is 3.21. The number of fused-ring (bicyclic) bond motifs is 1. The molecule has 0 radical (unpaired) electrons. The van der Waals surface area contributed by atoms with Crippen LogP contribution in [0.25, 0.3) is 0 Å². The van der Waals surface area contributed by atoms with Crippen LogP contribution in [-0.4, -0.2) is 35.7 Å². The van der Waals surface area contributed by atoms with Gasteiger partial charge in [0, 0.05) is 18.0 Å². The van der Waals surface area contributed by atoms with Gasteiger partial charge in [-0.3, -0.25) is 4.79 Å². The molecule has 3 aromatic rings. The highest BCUT2D eigenvalue weighted by Gasteiger charge is 2.16. The number of hydrogen-bond acceptors (Lipinski definition) is 8. The first kappa shape index (κ1) is 18.2. The fourth-order valence-electron chi connectivity index (χ4n) is 2.72. The lowest BCUT2D eigenvalue weighted by Crippen LogP contribution is -2.15. The fourth-order valence-corrected chi connectivity index (χ4v) is 2.72. The van der Waals surface area contributed by atoms with E-state index in [2.05, 4.69) is 20.6 Å². The quantitative estimate of drug-likeness (QED) is 0.638. The van der Waals surface area contributed by atoms with Crippen LogP contribution < -0.4 is 20.1 Å². The van der Waals surface area contributed by atoms with Crippen molar-refractivity contribution in [3.63, 3.8) is 0 Å². The molecule has 0 fully saturated rings. The van der Waals surface area contributed by atoms with Crippen LogP contribution in [0.15, 0.2) is 54.7 Å². The van der Waals surface area contributed by atoms with E-state index in [1.165, 1.54) is 19.4 Å². The summed E-state index contributed by atoms with van der Waals surface area (Å²) >= 11 is 0. The zero-order valence-electron chi connectivity index (χ0n) is 15.3. The van der Waals surface area contributed by atoms with Gasteiger partial charge in [-0.05, 0) is 30.3 Å². The number of nitrogens with one attached hydrogen (secondary N) is 2. The van der Waals surface area contributed by atoms with Gasteiger partial charge in [0.1, 0.15) is 5.69 Å². The minimum Gasteiger partial charge on any atom is -0.465 e. The minimum absolute atomic E-state index is 0.149. The molecule has 0 atom stereocenters. The lowest BCUT2D eigenvalue weighted by molar-refractivity contribution is 0.0601. The number of amides is 1. The van der Waals surface area contributed by atoms with Gasteiger partial charge in [-0.2, -0.15) is 0 Å². The molecule has 2 heterocycles. The second-order valence-corrected chi connectivity index (χ2v) is 5.95. The topological polar surface area (TPSA) is 112 Å². The van der Waals surface area contributed by atoms with Crippen LogP contribution in [-0.2, 0) is 4.74 Å². The number of ether oxygens (including phenoxy) is 3. The summed E-state index contributed by atoms with van der Waals surface area (Å²) in [5.74, 6) is 0.438. The van der Waals surface area contributed by atoms with Crippen molar-refractivity contribution in [1.82, 2.24) is 9.97 Å². The Morgan fingerprint density at radius 3 is 2.76 bits per heavy atom. The van der Waals surface area contributed by atoms with Crippen molar-refractivity contribution in [2.24, 2.45) is 0 Å². The fraction of sp³-hybridized carbons (Fsp3) is 0.100. The Kier molecular flexibility index (Phi) is 4.93. The Bertz CT molecular complexity index is 1090. The number of methoxy groups -OCH3 is 1. The summed E-state index contributed by atoms with van der Waals surface area (Å²) in [6, 6.07) is 13.4. The highest BCUT2D eigenvalue weighted by molar-refractivity contribution is 6.03. The van der Waals surface area contributed by atoms with Crippen molar-refractivity contribution < 1.29 is 23.8 Å². The summed E-state index contributed by atoms with van der Waals surface area (Å²) in [6.45, 7) is 0.153. The Labute approximate surface area is 165 Å². The van der Waals surface area contributed by atoms with Crippen molar-refractivity contribution >= 4 is 29.2 Å². The van der Waals surface area contributed by atoms with Crippen LogP contribution in [0.4, 0.5) is 17.3 Å². The highest BCUT2D eigenvalue weighted by atomic mass is 16.7. The number of anilines is 3. The Balaban J connectivity index is 1.52. The van der Waals surface area contributed by atoms with E-state index in [9.17, 15) is 9.59 Å². The molecule has 1 aromatic heterocycles. The molecule has 2 aromatic carbocycles. The molecule has 29 heavy (non-hydrogen) atoms. The summed E-state index contributed by atoms with van der Waals surface area (Å²) < 4.78 is 15.3. The number of esters is 1. The van der Waals surface area contributed by atoms with Crippen LogP contribution >= 0.6 is 0 Å². The summed E-state index contributed by atoms with van der Waals surface area (Å²) in [6.07, 6.45) is 1.45. The van der Waals surface area contributed by atoms with Crippen LogP contribution in [0, 0.1) is 0 Å². The van der Waals surface area contributed by atoms with Crippen molar-refractivity contribution in [1.29, 1.82) is 0 Å². The maximum atomic E-state index is 12.6. The molecule has 2 N–H and O–H groups in total. The minimum atomic E-state index is -0.496. The molecular formula is C20H16N4O5. The van der Waals surface area contributed by atoms with E-state index in [4.69, 9.17) is 14.2 Å². The van der Waals surface area contributed by atoms with Crippen LogP contribution in [0.1, 0.15) is 20.8 Å². The standard InChI is InChI=1S/C20H16N4O5/c1-27-19(26)13-4-2-3-5-14(13)23-20-21-9-8-15(24-20)18(25)22-12-6-7-16-17(10-12)29-11-28-16/h2-10H,11H2,1H3,(H,22,25)(H,21,23,24). The first-order chi connectivity index (χ1) is 14.1. The first-order valence-corrected chi connectivity index (χ1v) is 8.62. The number of carbonyl (C=O) groups is 2. The lowest BCUT2D eigenvalue weighted by atomic mass is 10.2. The molecule has 9 nitrogen and oxygen atoms in total. The second kappa shape index (κ2) is 7.85. The van der Waals surface area contributed by atoms with Gasteiger partial charge in [-0.15, -0.1) is 0 Å². The van der Waals surface area contributed by atoms with E-state index in [0.29, 0.717) is 28.4 Å². The molecule has 0 aliphatic carbocycles. The third-order valence-electron chi connectivity index (χ3n) is 4.10. The van der Waals surface area contributed by atoms with Gasteiger partial charge in [0.15, 0.2) is 11.5 Å². The van der Waals surface area contributed by atoms with E-state index < -0.39 is 11.9 Å². The largest absolute Gasteiger partial charge is 0.465 e. The van der Waals surface area contributed by atoms with Gasteiger partial charge >= 0.3 is 5.97 Å². The number of hydrogen-bond donors (Lipinski definition) is 2. The number of para-hydroxylation sites is 1. The van der Waals surface area contributed by atoms with Crippen molar-refractivity contribution in [3.05, 3.63) is 66.0 Å². The molecule has 0 bridgehead atoms. The van der Waals surface area contributed by atoms with Gasteiger partial charge < -0.3 is 24.8 Å². The predicted octanol–water partition coefficient (Wildman–Crippen LogP) is 2.99. The lowest BCUT2D eigenvalue weighted by Gasteiger charge is -2.10. The van der Waals surface area contributed by atoms with Gasteiger partial charge in [-0.1, -0.05) is 12.1 Å². The summed E-state index contributed by atoms with van der Waals surface area (Å²) in [7, 11) is 1.30. The van der Waals surface area contributed by atoms with Crippen LogP contribution in [0.5, 0.6) is 11.5 Å². The zero-order chi connectivity index (χ0) is 20.2. The second-order valence-electron chi connectivity index (χ2n) is 5.95. The summed E-state index contributed by atoms with van der Waals surface area (Å²) in [5, 5.41) is 5.69. The summed E-state index contributed by atoms with van der Waals surface area (Å²) in [5.41, 5.74) is 1.49. The molecular weight excluding hydrogens is 376 g/mol. The Morgan fingerprint density at radius 2 is 1.90 bits per heavy atom.